The van der Waals surface area contributed by atoms with Crippen LogP contribution in [0.15, 0.2) is 24.3 Å². The van der Waals surface area contributed by atoms with E-state index in [0.29, 0.717) is 11.5 Å². The van der Waals surface area contributed by atoms with Crippen molar-refractivity contribution in [2.24, 2.45) is 5.41 Å². The molecule has 0 radical (unpaired) electrons. The van der Waals surface area contributed by atoms with Gasteiger partial charge in [0, 0.05) is 18.3 Å². The summed E-state index contributed by atoms with van der Waals surface area (Å²) in [6.45, 7) is 9.26. The fraction of sp³-hybridized carbons (Fsp3) is 0.647. The number of hydrogen-bond donors (Lipinski definition) is 1. The number of rotatable bonds is 3. The SMILES string of the molecule is CN1CCCC(Nc2ccc(CC(C)(C)C)cc2)C1. The second kappa shape index (κ2) is 5.96. The zero-order valence-electron chi connectivity index (χ0n) is 12.9. The molecule has 2 rings (SSSR count). The quantitative estimate of drug-likeness (QED) is 0.889. The summed E-state index contributed by atoms with van der Waals surface area (Å²) >= 11 is 0. The van der Waals surface area contributed by atoms with Crippen LogP contribution in [0.2, 0.25) is 0 Å². The minimum absolute atomic E-state index is 0.362. The van der Waals surface area contributed by atoms with Crippen molar-refractivity contribution in [1.29, 1.82) is 0 Å². The van der Waals surface area contributed by atoms with Gasteiger partial charge in [0.1, 0.15) is 0 Å². The molecule has 0 amide bonds. The molecular weight excluding hydrogens is 232 g/mol. The highest BCUT2D eigenvalue weighted by atomic mass is 15.1. The van der Waals surface area contributed by atoms with Crippen molar-refractivity contribution in [1.82, 2.24) is 4.90 Å². The Balaban J connectivity index is 1.91. The van der Waals surface area contributed by atoms with E-state index in [2.05, 4.69) is 62.3 Å². The van der Waals surface area contributed by atoms with Gasteiger partial charge in [-0.1, -0.05) is 32.9 Å². The van der Waals surface area contributed by atoms with Gasteiger partial charge in [-0.25, -0.2) is 0 Å². The van der Waals surface area contributed by atoms with Gasteiger partial charge in [0.25, 0.3) is 0 Å². The number of likely N-dealkylation sites (tertiary alicyclic amines) is 1. The molecule has 1 atom stereocenters. The van der Waals surface area contributed by atoms with Crippen LogP contribution in [0.1, 0.15) is 39.2 Å². The van der Waals surface area contributed by atoms with E-state index in [1.165, 1.54) is 30.6 Å². The zero-order valence-corrected chi connectivity index (χ0v) is 12.9. The summed E-state index contributed by atoms with van der Waals surface area (Å²) in [5.41, 5.74) is 3.05. The Bertz CT molecular complexity index is 389. The topological polar surface area (TPSA) is 15.3 Å². The molecule has 1 unspecified atom stereocenters. The van der Waals surface area contributed by atoms with Gasteiger partial charge in [0.05, 0.1) is 0 Å². The normalized spacial score (nSPS) is 21.4. The Hall–Kier alpha value is -1.02. The number of likely N-dealkylation sites (N-methyl/N-ethyl adjacent to an activating group) is 1. The van der Waals surface area contributed by atoms with Crippen LogP contribution in [0.3, 0.4) is 0 Å². The average Bonchev–Trinajstić information content (AvgIpc) is 2.30. The fourth-order valence-electron chi connectivity index (χ4n) is 2.85. The largest absolute Gasteiger partial charge is 0.381 e. The molecule has 2 nitrogen and oxygen atoms in total. The van der Waals surface area contributed by atoms with Crippen LogP contribution >= 0.6 is 0 Å². The highest BCUT2D eigenvalue weighted by molar-refractivity contribution is 5.45. The Morgan fingerprint density at radius 2 is 1.89 bits per heavy atom. The molecule has 1 fully saturated rings. The van der Waals surface area contributed by atoms with E-state index in [4.69, 9.17) is 0 Å². The molecule has 1 heterocycles. The summed E-state index contributed by atoms with van der Waals surface area (Å²) in [5, 5.41) is 3.66. The highest BCUT2D eigenvalue weighted by Gasteiger charge is 2.16. The van der Waals surface area contributed by atoms with Gasteiger partial charge in [0.15, 0.2) is 0 Å². The third kappa shape index (κ3) is 4.87. The van der Waals surface area contributed by atoms with E-state index in [1.54, 1.807) is 0 Å². The lowest BCUT2D eigenvalue weighted by atomic mass is 9.88. The number of anilines is 1. The molecular formula is C17H28N2. The van der Waals surface area contributed by atoms with Crippen LogP contribution in [-0.4, -0.2) is 31.1 Å². The molecule has 0 aliphatic carbocycles. The summed E-state index contributed by atoms with van der Waals surface area (Å²) in [7, 11) is 2.21. The van der Waals surface area contributed by atoms with Crippen LogP contribution in [0, 0.1) is 5.41 Å². The predicted octanol–water partition coefficient (Wildman–Crippen LogP) is 3.78. The third-order valence-corrected chi connectivity index (χ3v) is 3.68. The highest BCUT2D eigenvalue weighted by Crippen LogP contribution is 2.22. The second-order valence-corrected chi connectivity index (χ2v) is 7.18. The lowest BCUT2D eigenvalue weighted by Crippen LogP contribution is -2.39. The van der Waals surface area contributed by atoms with Crippen molar-refractivity contribution < 1.29 is 0 Å². The van der Waals surface area contributed by atoms with Crippen molar-refractivity contribution in [3.63, 3.8) is 0 Å². The Kier molecular flexibility index (Phi) is 4.51. The molecule has 2 heteroatoms. The maximum Gasteiger partial charge on any atom is 0.0388 e. The molecule has 19 heavy (non-hydrogen) atoms. The third-order valence-electron chi connectivity index (χ3n) is 3.68. The predicted molar refractivity (Wildman–Crippen MR) is 83.7 cm³/mol. The smallest absolute Gasteiger partial charge is 0.0388 e. The first-order chi connectivity index (χ1) is 8.92. The number of benzene rings is 1. The first-order valence-corrected chi connectivity index (χ1v) is 7.46. The van der Waals surface area contributed by atoms with Gasteiger partial charge in [-0.3, -0.25) is 0 Å². The van der Waals surface area contributed by atoms with E-state index < -0.39 is 0 Å². The van der Waals surface area contributed by atoms with Crippen LogP contribution in [0.25, 0.3) is 0 Å². The lowest BCUT2D eigenvalue weighted by Gasteiger charge is -2.31. The van der Waals surface area contributed by atoms with Crippen LogP contribution in [0.5, 0.6) is 0 Å². The van der Waals surface area contributed by atoms with E-state index in [1.807, 2.05) is 0 Å². The molecule has 0 aromatic heterocycles. The summed E-state index contributed by atoms with van der Waals surface area (Å²) in [6.07, 6.45) is 3.73. The van der Waals surface area contributed by atoms with E-state index in [9.17, 15) is 0 Å². The molecule has 1 aliphatic rings. The monoisotopic (exact) mass is 260 g/mol. The summed E-state index contributed by atoms with van der Waals surface area (Å²) in [5.74, 6) is 0. The summed E-state index contributed by atoms with van der Waals surface area (Å²) in [4.78, 5) is 2.41. The molecule has 106 valence electrons. The molecule has 0 spiro atoms. The van der Waals surface area contributed by atoms with Crippen LogP contribution in [0.4, 0.5) is 5.69 Å². The minimum Gasteiger partial charge on any atom is -0.381 e. The van der Waals surface area contributed by atoms with Gasteiger partial charge in [-0.2, -0.15) is 0 Å². The number of nitrogens with zero attached hydrogens (tertiary/aromatic N) is 1. The Morgan fingerprint density at radius 3 is 2.47 bits per heavy atom. The molecule has 1 saturated heterocycles. The van der Waals surface area contributed by atoms with Gasteiger partial charge in [-0.05, 0) is 56.0 Å². The second-order valence-electron chi connectivity index (χ2n) is 7.18. The van der Waals surface area contributed by atoms with Crippen molar-refractivity contribution in [2.45, 2.75) is 46.1 Å². The maximum atomic E-state index is 3.66. The lowest BCUT2D eigenvalue weighted by molar-refractivity contribution is 0.261. The minimum atomic E-state index is 0.362. The molecule has 0 bridgehead atoms. The summed E-state index contributed by atoms with van der Waals surface area (Å²) < 4.78 is 0. The fourth-order valence-corrected chi connectivity index (χ4v) is 2.85. The van der Waals surface area contributed by atoms with E-state index >= 15 is 0 Å². The first kappa shape index (κ1) is 14.4. The van der Waals surface area contributed by atoms with Gasteiger partial charge in [0.2, 0.25) is 0 Å². The Morgan fingerprint density at radius 1 is 1.21 bits per heavy atom. The van der Waals surface area contributed by atoms with Crippen molar-refractivity contribution in [3.8, 4) is 0 Å². The molecule has 0 saturated carbocycles. The van der Waals surface area contributed by atoms with Gasteiger partial charge < -0.3 is 10.2 Å². The van der Waals surface area contributed by atoms with Gasteiger partial charge >= 0.3 is 0 Å². The standard InChI is InChI=1S/C17H28N2/c1-17(2,3)12-14-7-9-15(10-8-14)18-16-6-5-11-19(4)13-16/h7-10,16,18H,5-6,11-13H2,1-4H3. The van der Waals surface area contributed by atoms with Crippen molar-refractivity contribution in [2.75, 3.05) is 25.5 Å². The molecule has 1 aromatic carbocycles. The van der Waals surface area contributed by atoms with Crippen LogP contribution in [-0.2, 0) is 6.42 Å². The Labute approximate surface area is 118 Å². The number of piperidine rings is 1. The molecule has 1 aromatic rings. The number of nitrogens with one attached hydrogen (secondary N) is 1. The summed E-state index contributed by atoms with van der Waals surface area (Å²) in [6, 6.07) is 9.60. The first-order valence-electron chi connectivity index (χ1n) is 7.46. The van der Waals surface area contributed by atoms with E-state index in [0.717, 1.165) is 13.0 Å². The van der Waals surface area contributed by atoms with E-state index in [-0.39, 0.29) is 0 Å². The molecule has 1 aliphatic heterocycles. The van der Waals surface area contributed by atoms with Crippen LogP contribution < -0.4 is 5.32 Å². The van der Waals surface area contributed by atoms with Gasteiger partial charge in [-0.15, -0.1) is 0 Å². The van der Waals surface area contributed by atoms with Crippen molar-refractivity contribution >= 4 is 5.69 Å². The number of hydrogen-bond acceptors (Lipinski definition) is 2. The zero-order chi connectivity index (χ0) is 13.9. The average molecular weight is 260 g/mol. The van der Waals surface area contributed by atoms with Crippen molar-refractivity contribution in [3.05, 3.63) is 29.8 Å². The maximum absolute atomic E-state index is 3.66. The molecule has 1 N–H and O–H groups in total.